The van der Waals surface area contributed by atoms with Gasteiger partial charge in [0, 0.05) is 17.5 Å². The molecule has 0 saturated heterocycles. The lowest BCUT2D eigenvalue weighted by molar-refractivity contribution is 0.0785. The third kappa shape index (κ3) is 2.80. The molecule has 4 nitrogen and oxygen atoms in total. The van der Waals surface area contributed by atoms with E-state index in [0.29, 0.717) is 23.6 Å². The fraction of sp³-hybridized carbons (Fsp3) is 0.176. The number of amides is 1. The van der Waals surface area contributed by atoms with Crippen LogP contribution in [-0.2, 0) is 6.54 Å². The molecule has 112 valence electrons. The van der Waals surface area contributed by atoms with E-state index in [2.05, 4.69) is 5.16 Å². The summed E-state index contributed by atoms with van der Waals surface area (Å²) < 4.78 is 5.26. The van der Waals surface area contributed by atoms with Crippen molar-refractivity contribution in [3.63, 3.8) is 0 Å². The lowest BCUT2D eigenvalue weighted by Gasteiger charge is -2.16. The first-order chi connectivity index (χ1) is 10.7. The first-order valence-corrected chi connectivity index (χ1v) is 7.84. The Labute approximate surface area is 133 Å². The molecule has 0 atom stereocenters. The number of hydrogen-bond donors (Lipinski definition) is 0. The number of carbonyl (C=O) groups excluding carboxylic acids is 1. The van der Waals surface area contributed by atoms with Crippen LogP contribution in [0.2, 0.25) is 0 Å². The van der Waals surface area contributed by atoms with E-state index >= 15 is 0 Å². The molecule has 0 spiro atoms. The van der Waals surface area contributed by atoms with Gasteiger partial charge in [0.25, 0.3) is 5.91 Å². The predicted octanol–water partition coefficient (Wildman–Crippen LogP) is 3.98. The number of carbonyl (C=O) groups is 1. The van der Waals surface area contributed by atoms with Crippen molar-refractivity contribution < 1.29 is 9.32 Å². The van der Waals surface area contributed by atoms with Crippen LogP contribution in [0, 0.1) is 6.92 Å². The minimum atomic E-state index is -0.0778. The van der Waals surface area contributed by atoms with Gasteiger partial charge in [-0.25, -0.2) is 0 Å². The summed E-state index contributed by atoms with van der Waals surface area (Å²) >= 11 is 1.64. The zero-order valence-corrected chi connectivity index (χ0v) is 13.3. The maximum atomic E-state index is 12.8. The molecule has 0 N–H and O–H groups in total. The Morgan fingerprint density at radius 1 is 1.23 bits per heavy atom. The summed E-state index contributed by atoms with van der Waals surface area (Å²) in [5, 5.41) is 6.07. The maximum Gasteiger partial charge on any atom is 0.259 e. The van der Waals surface area contributed by atoms with E-state index in [1.165, 1.54) is 0 Å². The van der Waals surface area contributed by atoms with Crippen LogP contribution < -0.4 is 0 Å². The smallest absolute Gasteiger partial charge is 0.259 e. The van der Waals surface area contributed by atoms with E-state index < -0.39 is 0 Å². The molecule has 0 aliphatic rings. The summed E-state index contributed by atoms with van der Waals surface area (Å²) in [4.78, 5) is 15.6. The molecule has 0 radical (unpaired) electrons. The third-order valence-electron chi connectivity index (χ3n) is 3.44. The van der Waals surface area contributed by atoms with Crippen molar-refractivity contribution in [3.05, 3.63) is 64.0 Å². The van der Waals surface area contributed by atoms with E-state index in [0.717, 1.165) is 10.4 Å². The van der Waals surface area contributed by atoms with Gasteiger partial charge in [-0.2, -0.15) is 0 Å². The van der Waals surface area contributed by atoms with Gasteiger partial charge in [0.2, 0.25) is 0 Å². The summed E-state index contributed by atoms with van der Waals surface area (Å²) in [6.45, 7) is 2.35. The van der Waals surface area contributed by atoms with Crippen LogP contribution in [0.1, 0.15) is 21.0 Å². The maximum absolute atomic E-state index is 12.8. The highest BCUT2D eigenvalue weighted by atomic mass is 32.1. The molecule has 0 bridgehead atoms. The monoisotopic (exact) mass is 312 g/mol. The molecule has 5 heteroatoms. The van der Waals surface area contributed by atoms with Crippen LogP contribution in [0.4, 0.5) is 0 Å². The van der Waals surface area contributed by atoms with E-state index in [-0.39, 0.29) is 5.91 Å². The number of thiophene rings is 1. The summed E-state index contributed by atoms with van der Waals surface area (Å²) in [6, 6.07) is 13.6. The van der Waals surface area contributed by atoms with Gasteiger partial charge in [-0.1, -0.05) is 41.6 Å². The van der Waals surface area contributed by atoms with Crippen molar-refractivity contribution in [1.82, 2.24) is 10.1 Å². The Kier molecular flexibility index (Phi) is 4.06. The first-order valence-electron chi connectivity index (χ1n) is 6.96. The molecule has 2 heterocycles. The Morgan fingerprint density at radius 2 is 2.00 bits per heavy atom. The van der Waals surface area contributed by atoms with Crippen LogP contribution >= 0.6 is 11.3 Å². The zero-order chi connectivity index (χ0) is 15.5. The normalized spacial score (nSPS) is 10.6. The Morgan fingerprint density at radius 3 is 2.68 bits per heavy atom. The highest BCUT2D eigenvalue weighted by molar-refractivity contribution is 7.09. The van der Waals surface area contributed by atoms with Crippen molar-refractivity contribution in [2.45, 2.75) is 13.5 Å². The topological polar surface area (TPSA) is 46.3 Å². The molecule has 1 aromatic carbocycles. The van der Waals surface area contributed by atoms with E-state index in [1.807, 2.05) is 47.8 Å². The number of hydrogen-bond acceptors (Lipinski definition) is 4. The molecular formula is C17H16N2O2S. The van der Waals surface area contributed by atoms with Gasteiger partial charge in [0.15, 0.2) is 0 Å². The highest BCUT2D eigenvalue weighted by Crippen LogP contribution is 2.26. The average Bonchev–Trinajstić information content (AvgIpc) is 3.17. The van der Waals surface area contributed by atoms with Crippen molar-refractivity contribution in [2.75, 3.05) is 7.05 Å². The SMILES string of the molecule is Cc1onc(-c2ccccc2)c1C(=O)N(C)Cc1cccs1. The lowest BCUT2D eigenvalue weighted by Crippen LogP contribution is -2.26. The predicted molar refractivity (Wildman–Crippen MR) is 86.8 cm³/mol. The molecule has 22 heavy (non-hydrogen) atoms. The number of rotatable bonds is 4. The Hall–Kier alpha value is -2.40. The van der Waals surface area contributed by atoms with Crippen molar-refractivity contribution in [3.8, 4) is 11.3 Å². The molecule has 3 aromatic rings. The van der Waals surface area contributed by atoms with E-state index in [1.54, 1.807) is 30.2 Å². The largest absolute Gasteiger partial charge is 0.360 e. The van der Waals surface area contributed by atoms with E-state index in [4.69, 9.17) is 4.52 Å². The van der Waals surface area contributed by atoms with Gasteiger partial charge in [-0.05, 0) is 18.4 Å². The van der Waals surface area contributed by atoms with Crippen LogP contribution in [0.15, 0.2) is 52.4 Å². The average molecular weight is 312 g/mol. The van der Waals surface area contributed by atoms with Crippen LogP contribution in [0.5, 0.6) is 0 Å². The molecule has 0 aliphatic heterocycles. The second-order valence-electron chi connectivity index (χ2n) is 5.07. The standard InChI is InChI=1S/C17H16N2O2S/c1-12-15(16(18-21-12)13-7-4-3-5-8-13)17(20)19(2)11-14-9-6-10-22-14/h3-10H,11H2,1-2H3. The molecule has 2 aromatic heterocycles. The van der Waals surface area contributed by atoms with Gasteiger partial charge in [-0.15, -0.1) is 11.3 Å². The number of aryl methyl sites for hydroxylation is 1. The fourth-order valence-corrected chi connectivity index (χ4v) is 3.07. The molecular weight excluding hydrogens is 296 g/mol. The van der Waals surface area contributed by atoms with Gasteiger partial charge in [-0.3, -0.25) is 4.79 Å². The van der Waals surface area contributed by atoms with Gasteiger partial charge >= 0.3 is 0 Å². The molecule has 0 unspecified atom stereocenters. The molecule has 1 amide bonds. The van der Waals surface area contributed by atoms with Gasteiger partial charge in [0.1, 0.15) is 17.0 Å². The zero-order valence-electron chi connectivity index (χ0n) is 12.4. The summed E-state index contributed by atoms with van der Waals surface area (Å²) in [5.41, 5.74) is 2.01. The van der Waals surface area contributed by atoms with Gasteiger partial charge in [0.05, 0.1) is 6.54 Å². The van der Waals surface area contributed by atoms with Gasteiger partial charge < -0.3 is 9.42 Å². The molecule has 0 fully saturated rings. The first kappa shape index (κ1) is 14.5. The highest BCUT2D eigenvalue weighted by Gasteiger charge is 2.24. The Balaban J connectivity index is 1.91. The molecule has 0 aliphatic carbocycles. The number of nitrogens with zero attached hydrogens (tertiary/aromatic N) is 2. The number of aromatic nitrogens is 1. The Bertz CT molecular complexity index is 763. The summed E-state index contributed by atoms with van der Waals surface area (Å²) in [6.07, 6.45) is 0. The van der Waals surface area contributed by atoms with Crippen molar-refractivity contribution >= 4 is 17.2 Å². The number of benzene rings is 1. The minimum Gasteiger partial charge on any atom is -0.360 e. The second-order valence-corrected chi connectivity index (χ2v) is 6.10. The van der Waals surface area contributed by atoms with E-state index in [9.17, 15) is 4.79 Å². The quantitative estimate of drug-likeness (QED) is 0.732. The summed E-state index contributed by atoms with van der Waals surface area (Å²) in [5.74, 6) is 0.466. The van der Waals surface area contributed by atoms with Crippen LogP contribution in [-0.4, -0.2) is 23.0 Å². The van der Waals surface area contributed by atoms with Crippen LogP contribution in [0.25, 0.3) is 11.3 Å². The minimum absolute atomic E-state index is 0.0778. The fourth-order valence-electron chi connectivity index (χ4n) is 2.32. The lowest BCUT2D eigenvalue weighted by atomic mass is 10.1. The molecule has 0 saturated carbocycles. The summed E-state index contributed by atoms with van der Waals surface area (Å²) in [7, 11) is 1.79. The van der Waals surface area contributed by atoms with Crippen LogP contribution in [0.3, 0.4) is 0 Å². The third-order valence-corrected chi connectivity index (χ3v) is 4.30. The van der Waals surface area contributed by atoms with Crippen molar-refractivity contribution in [2.24, 2.45) is 0 Å². The molecule has 3 rings (SSSR count). The van der Waals surface area contributed by atoms with Crippen molar-refractivity contribution in [1.29, 1.82) is 0 Å². The second kappa shape index (κ2) is 6.15.